The molecule has 3 aromatic rings. The molecule has 5 rings (SSSR count). The van der Waals surface area contributed by atoms with E-state index < -0.39 is 17.6 Å². The maximum Gasteiger partial charge on any atom is 0.319 e. The zero-order chi connectivity index (χ0) is 29.9. The number of fused-ring (bicyclic) bond motifs is 1. The van der Waals surface area contributed by atoms with Crippen LogP contribution in [0.1, 0.15) is 76.3 Å². The standard InChI is InChI=1S/C31H40N8O3/c1-19-13-14-23-24(20-9-6-5-7-10-20)17-25(29(41)39(26(23)15-19)18-27(40)34-31(2,3)4)33-30(42)32-22-12-8-11-21(16-22)28-35-37-38-36-28/h8,11-16,20,24-25H,5-7,9-10,17-18H2,1-4H3,(H,34,40)(H2,32,33,42)(H,35,36,37,38)/t24-,25-/m1/s1. The Balaban J connectivity index is 1.44. The van der Waals surface area contributed by atoms with E-state index in [9.17, 15) is 14.4 Å². The number of aryl methyl sites for hydroxylation is 1. The van der Waals surface area contributed by atoms with Crippen molar-refractivity contribution in [1.82, 2.24) is 31.3 Å². The van der Waals surface area contributed by atoms with Crippen molar-refractivity contribution < 1.29 is 14.4 Å². The van der Waals surface area contributed by atoms with Crippen molar-refractivity contribution in [1.29, 1.82) is 0 Å². The zero-order valence-electron chi connectivity index (χ0n) is 24.7. The number of hydrogen-bond donors (Lipinski definition) is 4. The van der Waals surface area contributed by atoms with Gasteiger partial charge in [0.05, 0.1) is 0 Å². The van der Waals surface area contributed by atoms with Crippen molar-refractivity contribution in [3.05, 3.63) is 53.6 Å². The summed E-state index contributed by atoms with van der Waals surface area (Å²) < 4.78 is 0. The first-order valence-corrected chi connectivity index (χ1v) is 14.7. The van der Waals surface area contributed by atoms with Gasteiger partial charge < -0.3 is 20.9 Å². The summed E-state index contributed by atoms with van der Waals surface area (Å²) in [4.78, 5) is 42.3. The van der Waals surface area contributed by atoms with Crippen LogP contribution in [0.25, 0.3) is 11.4 Å². The zero-order valence-corrected chi connectivity index (χ0v) is 24.7. The number of aromatic amines is 1. The smallest absolute Gasteiger partial charge is 0.319 e. The minimum absolute atomic E-state index is 0.0763. The third kappa shape index (κ3) is 6.95. The minimum Gasteiger partial charge on any atom is -0.350 e. The second kappa shape index (κ2) is 12.3. The van der Waals surface area contributed by atoms with Gasteiger partial charge in [-0.05, 0) is 93.3 Å². The summed E-state index contributed by atoms with van der Waals surface area (Å²) in [6.07, 6.45) is 6.16. The molecule has 222 valence electrons. The Morgan fingerprint density at radius 2 is 1.86 bits per heavy atom. The molecule has 4 N–H and O–H groups in total. The van der Waals surface area contributed by atoms with Gasteiger partial charge in [-0.2, -0.15) is 5.21 Å². The number of nitrogens with zero attached hydrogens (tertiary/aromatic N) is 4. The largest absolute Gasteiger partial charge is 0.350 e. The van der Waals surface area contributed by atoms with Gasteiger partial charge >= 0.3 is 6.03 Å². The molecule has 0 radical (unpaired) electrons. The average molecular weight is 573 g/mol. The van der Waals surface area contributed by atoms with Crippen LogP contribution in [-0.2, 0) is 9.59 Å². The van der Waals surface area contributed by atoms with Gasteiger partial charge in [-0.25, -0.2) is 4.79 Å². The van der Waals surface area contributed by atoms with Gasteiger partial charge in [0.25, 0.3) is 0 Å². The molecule has 2 aliphatic rings. The van der Waals surface area contributed by atoms with Crippen LogP contribution in [0.3, 0.4) is 0 Å². The van der Waals surface area contributed by atoms with Crippen LogP contribution in [0.5, 0.6) is 0 Å². The number of carbonyl (C=O) groups excluding carboxylic acids is 3. The molecule has 11 heteroatoms. The maximum atomic E-state index is 14.2. The lowest BCUT2D eigenvalue weighted by Crippen LogP contribution is -2.53. The van der Waals surface area contributed by atoms with E-state index in [2.05, 4.69) is 48.7 Å². The summed E-state index contributed by atoms with van der Waals surface area (Å²) in [6.45, 7) is 7.60. The number of aromatic nitrogens is 4. The number of benzene rings is 2. The van der Waals surface area contributed by atoms with Crippen molar-refractivity contribution in [3.63, 3.8) is 0 Å². The molecule has 11 nitrogen and oxygen atoms in total. The third-order valence-electron chi connectivity index (χ3n) is 7.99. The third-order valence-corrected chi connectivity index (χ3v) is 7.99. The van der Waals surface area contributed by atoms with Gasteiger partial charge in [-0.15, -0.1) is 10.2 Å². The number of rotatable bonds is 6. The molecule has 0 unspecified atom stereocenters. The van der Waals surface area contributed by atoms with Crippen LogP contribution in [-0.4, -0.2) is 56.6 Å². The Morgan fingerprint density at radius 3 is 2.57 bits per heavy atom. The molecule has 1 aliphatic heterocycles. The molecule has 2 heterocycles. The Kier molecular flexibility index (Phi) is 8.56. The SMILES string of the molecule is Cc1ccc2c(c1)N(CC(=O)NC(C)(C)C)C(=O)[C@H](NC(=O)Nc1cccc(-c3nn[nH]n3)c1)C[C@@H]2C1CCCCC1. The van der Waals surface area contributed by atoms with Crippen LogP contribution in [0.15, 0.2) is 42.5 Å². The lowest BCUT2D eigenvalue weighted by atomic mass is 9.74. The van der Waals surface area contributed by atoms with Crippen LogP contribution in [0.2, 0.25) is 0 Å². The summed E-state index contributed by atoms with van der Waals surface area (Å²) in [5.41, 5.74) is 3.61. The van der Waals surface area contributed by atoms with E-state index in [0.29, 0.717) is 29.4 Å². The fourth-order valence-corrected chi connectivity index (χ4v) is 6.20. The van der Waals surface area contributed by atoms with Crippen LogP contribution < -0.4 is 20.9 Å². The highest BCUT2D eigenvalue weighted by Gasteiger charge is 2.40. The average Bonchev–Trinajstić information content (AvgIpc) is 3.46. The topological polar surface area (TPSA) is 145 Å². The molecule has 2 atom stereocenters. The van der Waals surface area contributed by atoms with Gasteiger partial charge in [0.15, 0.2) is 0 Å². The summed E-state index contributed by atoms with van der Waals surface area (Å²) in [5.74, 6) is 0.342. The first kappa shape index (κ1) is 29.2. The lowest BCUT2D eigenvalue weighted by Gasteiger charge is -2.32. The Morgan fingerprint density at radius 1 is 1.07 bits per heavy atom. The molecular weight excluding hydrogens is 532 g/mol. The number of H-pyrrole nitrogens is 1. The van der Waals surface area contributed by atoms with E-state index in [0.717, 1.165) is 42.5 Å². The second-order valence-electron chi connectivity index (χ2n) is 12.5. The fourth-order valence-electron chi connectivity index (χ4n) is 6.20. The lowest BCUT2D eigenvalue weighted by molar-refractivity contribution is -0.125. The first-order chi connectivity index (χ1) is 20.1. The summed E-state index contributed by atoms with van der Waals surface area (Å²) in [6, 6.07) is 12.0. The van der Waals surface area contributed by atoms with Crippen molar-refractivity contribution in [2.75, 3.05) is 16.8 Å². The molecule has 1 fully saturated rings. The number of urea groups is 1. The van der Waals surface area contributed by atoms with Crippen molar-refractivity contribution in [2.45, 2.75) is 83.7 Å². The monoisotopic (exact) mass is 572 g/mol. The quantitative estimate of drug-likeness (QED) is 0.338. The number of amides is 4. The predicted molar refractivity (Wildman–Crippen MR) is 161 cm³/mol. The molecule has 1 aliphatic carbocycles. The fraction of sp³-hybridized carbons (Fsp3) is 0.484. The Bertz CT molecular complexity index is 1430. The molecule has 1 aromatic heterocycles. The number of carbonyl (C=O) groups is 3. The molecule has 0 saturated heterocycles. The summed E-state index contributed by atoms with van der Waals surface area (Å²) in [7, 11) is 0. The normalized spacial score (nSPS) is 19.5. The molecule has 0 bridgehead atoms. The van der Waals surface area contributed by atoms with E-state index in [-0.39, 0.29) is 24.3 Å². The molecule has 42 heavy (non-hydrogen) atoms. The van der Waals surface area contributed by atoms with Gasteiger partial charge in [0.1, 0.15) is 12.6 Å². The van der Waals surface area contributed by atoms with Crippen LogP contribution >= 0.6 is 0 Å². The van der Waals surface area contributed by atoms with Gasteiger partial charge in [0, 0.05) is 22.5 Å². The maximum absolute atomic E-state index is 14.2. The van der Waals surface area contributed by atoms with Crippen molar-refractivity contribution in [2.24, 2.45) is 5.92 Å². The van der Waals surface area contributed by atoms with Crippen molar-refractivity contribution in [3.8, 4) is 11.4 Å². The molecular formula is C31H40N8O3. The number of hydrogen-bond acceptors (Lipinski definition) is 6. The van der Waals surface area contributed by atoms with Crippen molar-refractivity contribution >= 4 is 29.2 Å². The van der Waals surface area contributed by atoms with E-state index in [4.69, 9.17) is 0 Å². The van der Waals surface area contributed by atoms with E-state index >= 15 is 0 Å². The summed E-state index contributed by atoms with van der Waals surface area (Å²) in [5, 5.41) is 22.8. The van der Waals surface area contributed by atoms with E-state index in [1.54, 1.807) is 23.1 Å². The van der Waals surface area contributed by atoms with Gasteiger partial charge in [0.2, 0.25) is 17.6 Å². The highest BCUT2D eigenvalue weighted by Crippen LogP contribution is 2.44. The molecule has 0 spiro atoms. The minimum atomic E-state index is -0.813. The van der Waals surface area contributed by atoms with E-state index in [1.165, 1.54) is 6.42 Å². The highest BCUT2D eigenvalue weighted by molar-refractivity contribution is 6.05. The first-order valence-electron chi connectivity index (χ1n) is 14.7. The highest BCUT2D eigenvalue weighted by atomic mass is 16.2. The predicted octanol–water partition coefficient (Wildman–Crippen LogP) is 4.68. The van der Waals surface area contributed by atoms with Crippen LogP contribution in [0.4, 0.5) is 16.2 Å². The number of anilines is 2. The molecule has 4 amide bonds. The Labute approximate surface area is 246 Å². The van der Waals surface area contributed by atoms with E-state index in [1.807, 2.05) is 39.8 Å². The second-order valence-corrected chi connectivity index (χ2v) is 12.5. The molecule has 1 saturated carbocycles. The Hall–Kier alpha value is -4.28. The molecule has 2 aromatic carbocycles. The van der Waals surface area contributed by atoms with Gasteiger partial charge in [-0.3, -0.25) is 9.59 Å². The number of nitrogens with one attached hydrogen (secondary N) is 4. The van der Waals surface area contributed by atoms with Gasteiger partial charge in [-0.1, -0.05) is 43.5 Å². The summed E-state index contributed by atoms with van der Waals surface area (Å²) >= 11 is 0. The number of tetrazole rings is 1. The van der Waals surface area contributed by atoms with Crippen LogP contribution in [0, 0.1) is 12.8 Å².